The number of H-pyrrole nitrogens is 1. The van der Waals surface area contributed by atoms with Gasteiger partial charge in [-0.15, -0.1) is 5.10 Å². The number of anilines is 1. The quantitative estimate of drug-likeness (QED) is 0.755. The lowest BCUT2D eigenvalue weighted by molar-refractivity contribution is 0.639. The number of rotatable bonds is 4. The standard InChI is InChI=1S/C7H14N4S2/c1-5(13-2)3-4-11-6(8)9-10-7(11)12/h5H,3-4H2,1-2H3,(H2,8,9)(H,10,12). The molecule has 1 atom stereocenters. The molecule has 74 valence electrons. The Labute approximate surface area is 86.9 Å². The highest BCUT2D eigenvalue weighted by atomic mass is 32.2. The molecule has 0 bridgehead atoms. The van der Waals surface area contributed by atoms with E-state index >= 15 is 0 Å². The van der Waals surface area contributed by atoms with Crippen LogP contribution < -0.4 is 5.73 Å². The van der Waals surface area contributed by atoms with Crippen LogP contribution in [0.5, 0.6) is 0 Å². The predicted octanol–water partition coefficient (Wildman–Crippen LogP) is 1.66. The van der Waals surface area contributed by atoms with E-state index in [-0.39, 0.29) is 0 Å². The summed E-state index contributed by atoms with van der Waals surface area (Å²) in [5.41, 5.74) is 5.62. The second-order valence-corrected chi connectivity index (χ2v) is 4.54. The summed E-state index contributed by atoms with van der Waals surface area (Å²) in [5, 5.41) is 7.12. The SMILES string of the molecule is CSC(C)CCn1c(N)n[nH]c1=S. The molecule has 1 rings (SSSR count). The molecule has 1 unspecified atom stereocenters. The number of thioether (sulfide) groups is 1. The average molecular weight is 218 g/mol. The van der Waals surface area contributed by atoms with Gasteiger partial charge in [0.1, 0.15) is 0 Å². The van der Waals surface area contributed by atoms with Gasteiger partial charge in [-0.25, -0.2) is 5.10 Å². The molecule has 0 spiro atoms. The van der Waals surface area contributed by atoms with Gasteiger partial charge in [-0.3, -0.25) is 4.57 Å². The van der Waals surface area contributed by atoms with Gasteiger partial charge in [0.25, 0.3) is 0 Å². The molecule has 13 heavy (non-hydrogen) atoms. The van der Waals surface area contributed by atoms with Crippen LogP contribution in [0.15, 0.2) is 0 Å². The zero-order chi connectivity index (χ0) is 9.84. The molecule has 3 N–H and O–H groups in total. The van der Waals surface area contributed by atoms with Crippen molar-refractivity contribution >= 4 is 29.9 Å². The molecule has 4 nitrogen and oxygen atoms in total. The van der Waals surface area contributed by atoms with Crippen LogP contribution in [0, 0.1) is 4.77 Å². The summed E-state index contributed by atoms with van der Waals surface area (Å²) in [4.78, 5) is 0. The van der Waals surface area contributed by atoms with Gasteiger partial charge in [0.05, 0.1) is 0 Å². The van der Waals surface area contributed by atoms with Crippen LogP contribution in [0.4, 0.5) is 5.95 Å². The van der Waals surface area contributed by atoms with Crippen LogP contribution in [0.1, 0.15) is 13.3 Å². The summed E-state index contributed by atoms with van der Waals surface area (Å²) >= 11 is 6.86. The molecule has 1 aromatic rings. The number of nitrogens with two attached hydrogens (primary N) is 1. The first-order valence-corrected chi connectivity index (χ1v) is 5.78. The Morgan fingerprint density at radius 3 is 2.92 bits per heavy atom. The van der Waals surface area contributed by atoms with E-state index in [9.17, 15) is 0 Å². The molecule has 0 fully saturated rings. The Morgan fingerprint density at radius 2 is 2.46 bits per heavy atom. The smallest absolute Gasteiger partial charge is 0.220 e. The summed E-state index contributed by atoms with van der Waals surface area (Å²) in [5.74, 6) is 0.471. The highest BCUT2D eigenvalue weighted by Crippen LogP contribution is 2.11. The van der Waals surface area contributed by atoms with Crippen molar-refractivity contribution in [3.63, 3.8) is 0 Å². The number of nitrogens with zero attached hydrogens (tertiary/aromatic N) is 2. The third-order valence-electron chi connectivity index (χ3n) is 1.95. The monoisotopic (exact) mass is 218 g/mol. The van der Waals surface area contributed by atoms with E-state index in [4.69, 9.17) is 18.0 Å². The zero-order valence-corrected chi connectivity index (χ0v) is 9.41. The zero-order valence-electron chi connectivity index (χ0n) is 7.78. The second kappa shape index (κ2) is 4.66. The Morgan fingerprint density at radius 1 is 1.77 bits per heavy atom. The summed E-state index contributed by atoms with van der Waals surface area (Å²) in [7, 11) is 0. The van der Waals surface area contributed by atoms with Crippen molar-refractivity contribution in [1.29, 1.82) is 0 Å². The van der Waals surface area contributed by atoms with Gasteiger partial charge in [0.2, 0.25) is 5.95 Å². The topological polar surface area (TPSA) is 59.6 Å². The van der Waals surface area contributed by atoms with Crippen LogP contribution in [0.25, 0.3) is 0 Å². The van der Waals surface area contributed by atoms with E-state index < -0.39 is 0 Å². The first kappa shape index (κ1) is 10.6. The van der Waals surface area contributed by atoms with Gasteiger partial charge in [-0.1, -0.05) is 6.92 Å². The third kappa shape index (κ3) is 2.73. The molecule has 1 aromatic heterocycles. The maximum absolute atomic E-state index is 5.62. The Hall–Kier alpha value is -0.490. The van der Waals surface area contributed by atoms with E-state index in [0.29, 0.717) is 16.0 Å². The molecule has 0 aliphatic carbocycles. The maximum atomic E-state index is 5.62. The van der Waals surface area contributed by atoms with E-state index in [1.165, 1.54) is 0 Å². The third-order valence-corrected chi connectivity index (χ3v) is 3.30. The largest absolute Gasteiger partial charge is 0.368 e. The normalized spacial score (nSPS) is 13.1. The van der Waals surface area contributed by atoms with Gasteiger partial charge in [-0.05, 0) is 24.9 Å². The fraction of sp³-hybridized carbons (Fsp3) is 0.714. The van der Waals surface area contributed by atoms with E-state index in [0.717, 1.165) is 13.0 Å². The van der Waals surface area contributed by atoms with Crippen LogP contribution in [0.3, 0.4) is 0 Å². The lowest BCUT2D eigenvalue weighted by Gasteiger charge is -2.08. The van der Waals surface area contributed by atoms with Crippen molar-refractivity contribution in [2.24, 2.45) is 0 Å². The maximum Gasteiger partial charge on any atom is 0.220 e. The molecule has 0 aromatic carbocycles. The number of aromatic amines is 1. The molecular formula is C7H14N4S2. The van der Waals surface area contributed by atoms with Gasteiger partial charge < -0.3 is 5.73 Å². The Bertz CT molecular complexity index is 317. The van der Waals surface area contributed by atoms with Crippen molar-refractivity contribution in [2.75, 3.05) is 12.0 Å². The minimum absolute atomic E-state index is 0.471. The molecule has 0 amide bonds. The van der Waals surface area contributed by atoms with Crippen LogP contribution in [-0.2, 0) is 6.54 Å². The lowest BCUT2D eigenvalue weighted by atomic mass is 10.3. The van der Waals surface area contributed by atoms with Gasteiger partial charge >= 0.3 is 0 Å². The number of hydrogen-bond acceptors (Lipinski definition) is 4. The molecule has 0 radical (unpaired) electrons. The first-order valence-electron chi connectivity index (χ1n) is 4.08. The fourth-order valence-electron chi connectivity index (χ4n) is 0.975. The number of aromatic nitrogens is 3. The van der Waals surface area contributed by atoms with Gasteiger partial charge in [-0.2, -0.15) is 11.8 Å². The molecule has 0 aliphatic rings. The lowest BCUT2D eigenvalue weighted by Crippen LogP contribution is -2.07. The number of nitrogens with one attached hydrogen (secondary N) is 1. The Kier molecular flexibility index (Phi) is 3.80. The van der Waals surface area contributed by atoms with Crippen molar-refractivity contribution in [2.45, 2.75) is 25.1 Å². The van der Waals surface area contributed by atoms with Gasteiger partial charge in [0.15, 0.2) is 4.77 Å². The number of nitrogen functional groups attached to an aromatic ring is 1. The highest BCUT2D eigenvalue weighted by molar-refractivity contribution is 7.99. The van der Waals surface area contributed by atoms with Crippen molar-refractivity contribution in [3.8, 4) is 0 Å². The molecule has 0 saturated carbocycles. The summed E-state index contributed by atoms with van der Waals surface area (Å²) in [6, 6.07) is 0. The fourth-order valence-corrected chi connectivity index (χ4v) is 1.55. The highest BCUT2D eigenvalue weighted by Gasteiger charge is 2.04. The first-order chi connectivity index (χ1) is 6.15. The molecule has 6 heteroatoms. The van der Waals surface area contributed by atoms with Crippen LogP contribution in [0.2, 0.25) is 0 Å². The molecule has 0 saturated heterocycles. The van der Waals surface area contributed by atoms with E-state index in [1.807, 2.05) is 16.3 Å². The van der Waals surface area contributed by atoms with Gasteiger partial charge in [0, 0.05) is 11.8 Å². The molecular weight excluding hydrogens is 204 g/mol. The summed E-state index contributed by atoms with van der Waals surface area (Å²) < 4.78 is 2.42. The summed E-state index contributed by atoms with van der Waals surface area (Å²) in [6.07, 6.45) is 3.15. The minimum atomic E-state index is 0.471. The minimum Gasteiger partial charge on any atom is -0.368 e. The second-order valence-electron chi connectivity index (χ2n) is 2.87. The van der Waals surface area contributed by atoms with Crippen molar-refractivity contribution < 1.29 is 0 Å². The van der Waals surface area contributed by atoms with Crippen molar-refractivity contribution in [3.05, 3.63) is 4.77 Å². The average Bonchev–Trinajstić information content (AvgIpc) is 2.43. The molecule has 1 heterocycles. The number of hydrogen-bond donors (Lipinski definition) is 2. The van der Waals surface area contributed by atoms with Crippen LogP contribution >= 0.6 is 24.0 Å². The van der Waals surface area contributed by atoms with Crippen LogP contribution in [-0.4, -0.2) is 26.3 Å². The summed E-state index contributed by atoms with van der Waals surface area (Å²) in [6.45, 7) is 3.02. The van der Waals surface area contributed by atoms with E-state index in [2.05, 4.69) is 23.4 Å². The molecule has 0 aliphatic heterocycles. The van der Waals surface area contributed by atoms with Crippen molar-refractivity contribution in [1.82, 2.24) is 14.8 Å². The van der Waals surface area contributed by atoms with E-state index in [1.54, 1.807) is 0 Å². The Balaban J connectivity index is 2.59. The predicted molar refractivity (Wildman–Crippen MR) is 59.4 cm³/mol.